The Balaban J connectivity index is 1.95. The summed E-state index contributed by atoms with van der Waals surface area (Å²) in [5.74, 6) is 0.180. The zero-order valence-corrected chi connectivity index (χ0v) is 12.7. The molecule has 1 saturated carbocycles. The van der Waals surface area contributed by atoms with E-state index in [0.29, 0.717) is 11.7 Å². The monoisotopic (exact) mass is 323 g/mol. The van der Waals surface area contributed by atoms with Gasteiger partial charge in [0.05, 0.1) is 18.3 Å². The van der Waals surface area contributed by atoms with E-state index in [9.17, 15) is 13.2 Å². The van der Waals surface area contributed by atoms with Crippen molar-refractivity contribution < 1.29 is 13.2 Å². The maximum absolute atomic E-state index is 12.5. The second-order valence-corrected chi connectivity index (χ2v) is 5.97. The normalized spacial score (nSPS) is 17.6. The summed E-state index contributed by atoms with van der Waals surface area (Å²) >= 11 is 5.58. The largest absolute Gasteiger partial charge is 0.401 e. The maximum atomic E-state index is 12.5. The van der Waals surface area contributed by atoms with E-state index in [-0.39, 0.29) is 19.0 Å². The molecule has 1 heterocycles. The van der Waals surface area contributed by atoms with Gasteiger partial charge in [-0.15, -0.1) is 11.6 Å². The van der Waals surface area contributed by atoms with Gasteiger partial charge in [-0.3, -0.25) is 9.58 Å². The number of nitrogens with zero attached hydrogens (tertiary/aromatic N) is 3. The van der Waals surface area contributed by atoms with E-state index in [2.05, 4.69) is 5.10 Å². The van der Waals surface area contributed by atoms with Gasteiger partial charge in [0.1, 0.15) is 0 Å². The van der Waals surface area contributed by atoms with Crippen molar-refractivity contribution in [2.75, 3.05) is 19.0 Å². The first kappa shape index (κ1) is 16.6. The first-order valence-corrected chi connectivity index (χ1v) is 7.90. The summed E-state index contributed by atoms with van der Waals surface area (Å²) in [6.45, 7) is -0.556. The number of halogens is 4. The summed E-state index contributed by atoms with van der Waals surface area (Å²) in [4.78, 5) is 1.29. The molecule has 1 aliphatic rings. The molecule has 1 aromatic heterocycles. The van der Waals surface area contributed by atoms with Crippen LogP contribution in [0.3, 0.4) is 0 Å². The molecule has 1 aromatic rings. The molecule has 7 heteroatoms. The van der Waals surface area contributed by atoms with E-state index >= 15 is 0 Å². The molecule has 0 saturated heterocycles. The van der Waals surface area contributed by atoms with Gasteiger partial charge in [-0.25, -0.2) is 0 Å². The molecule has 1 aliphatic carbocycles. The minimum absolute atomic E-state index is 0.180. The second-order valence-electron chi connectivity index (χ2n) is 5.59. The van der Waals surface area contributed by atoms with Gasteiger partial charge in [-0.05, 0) is 18.9 Å². The molecule has 0 bridgehead atoms. The highest BCUT2D eigenvalue weighted by molar-refractivity contribution is 6.18. The summed E-state index contributed by atoms with van der Waals surface area (Å²) in [5, 5.41) is 4.45. The molecular formula is C14H21ClF3N3. The predicted molar refractivity (Wildman–Crippen MR) is 76.4 cm³/mol. The lowest BCUT2D eigenvalue weighted by Gasteiger charge is -2.23. The van der Waals surface area contributed by atoms with E-state index in [1.165, 1.54) is 24.2 Å². The molecule has 3 nitrogen and oxygen atoms in total. The summed E-state index contributed by atoms with van der Waals surface area (Å²) in [6.07, 6.45) is 3.55. The molecule has 21 heavy (non-hydrogen) atoms. The minimum atomic E-state index is -4.21. The van der Waals surface area contributed by atoms with Gasteiger partial charge < -0.3 is 0 Å². The summed E-state index contributed by atoms with van der Waals surface area (Å²) in [5.41, 5.74) is 0.676. The van der Waals surface area contributed by atoms with Gasteiger partial charge in [-0.1, -0.05) is 19.3 Å². The highest BCUT2D eigenvalue weighted by Crippen LogP contribution is 2.27. The molecule has 0 aromatic carbocycles. The standard InChI is InChI=1S/C14H21ClF3N3/c15-7-9-20(11-14(16,17)18)10-12-6-8-21(19-12)13-4-2-1-3-5-13/h6,8,13H,1-5,7,9-11H2. The van der Waals surface area contributed by atoms with Crippen LogP contribution in [0.5, 0.6) is 0 Å². The Kier molecular flexibility index (Phi) is 5.93. The molecule has 0 amide bonds. The first-order chi connectivity index (χ1) is 9.98. The van der Waals surface area contributed by atoms with Crippen LogP contribution in [0.2, 0.25) is 0 Å². The van der Waals surface area contributed by atoms with E-state index in [0.717, 1.165) is 12.8 Å². The molecule has 0 aliphatic heterocycles. The summed E-state index contributed by atoms with van der Waals surface area (Å²) in [6, 6.07) is 2.21. The molecule has 0 N–H and O–H groups in total. The lowest BCUT2D eigenvalue weighted by atomic mass is 9.96. The molecule has 120 valence electrons. The van der Waals surface area contributed by atoms with Crippen molar-refractivity contribution in [1.82, 2.24) is 14.7 Å². The van der Waals surface area contributed by atoms with Crippen LogP contribution in [0.4, 0.5) is 13.2 Å². The smallest absolute Gasteiger partial charge is 0.288 e. The van der Waals surface area contributed by atoms with Crippen LogP contribution in [0, 0.1) is 0 Å². The lowest BCUT2D eigenvalue weighted by molar-refractivity contribution is -0.146. The Morgan fingerprint density at radius 2 is 2.00 bits per heavy atom. The van der Waals surface area contributed by atoms with Crippen molar-refractivity contribution in [3.05, 3.63) is 18.0 Å². The van der Waals surface area contributed by atoms with Gasteiger partial charge in [0.25, 0.3) is 0 Å². The number of alkyl halides is 4. The number of rotatable bonds is 6. The average molecular weight is 324 g/mol. The third kappa shape index (κ3) is 5.51. The van der Waals surface area contributed by atoms with Gasteiger partial charge in [0.15, 0.2) is 0 Å². The van der Waals surface area contributed by atoms with Crippen molar-refractivity contribution in [1.29, 1.82) is 0 Å². The molecule has 0 radical (unpaired) electrons. The highest BCUT2D eigenvalue weighted by atomic mass is 35.5. The fourth-order valence-electron chi connectivity index (χ4n) is 2.83. The van der Waals surface area contributed by atoms with Crippen molar-refractivity contribution in [3.8, 4) is 0 Å². The number of hydrogen-bond acceptors (Lipinski definition) is 2. The van der Waals surface area contributed by atoms with Crippen LogP contribution in [-0.4, -0.2) is 39.8 Å². The van der Waals surface area contributed by atoms with Crippen LogP contribution < -0.4 is 0 Å². The third-order valence-corrected chi connectivity index (χ3v) is 3.97. The highest BCUT2D eigenvalue weighted by Gasteiger charge is 2.30. The van der Waals surface area contributed by atoms with E-state index in [1.54, 1.807) is 0 Å². The van der Waals surface area contributed by atoms with Crippen LogP contribution in [-0.2, 0) is 6.54 Å². The fraction of sp³-hybridized carbons (Fsp3) is 0.786. The molecule has 0 unspecified atom stereocenters. The Bertz CT molecular complexity index is 427. The van der Waals surface area contributed by atoms with Gasteiger partial charge >= 0.3 is 6.18 Å². The summed E-state index contributed by atoms with van der Waals surface area (Å²) in [7, 11) is 0. The zero-order chi connectivity index (χ0) is 15.3. The topological polar surface area (TPSA) is 21.1 Å². The third-order valence-electron chi connectivity index (χ3n) is 3.80. The molecule has 1 fully saturated rings. The maximum Gasteiger partial charge on any atom is 0.401 e. The van der Waals surface area contributed by atoms with E-state index in [1.807, 2.05) is 16.9 Å². The Morgan fingerprint density at radius 1 is 1.29 bits per heavy atom. The molecule has 0 atom stereocenters. The van der Waals surface area contributed by atoms with Crippen molar-refractivity contribution in [2.24, 2.45) is 0 Å². The number of aromatic nitrogens is 2. The lowest BCUT2D eigenvalue weighted by Crippen LogP contribution is -2.35. The molecular weight excluding hydrogens is 303 g/mol. The Morgan fingerprint density at radius 3 is 2.62 bits per heavy atom. The second kappa shape index (κ2) is 7.49. The quantitative estimate of drug-likeness (QED) is 0.738. The zero-order valence-electron chi connectivity index (χ0n) is 11.9. The van der Waals surface area contributed by atoms with Crippen LogP contribution in [0.25, 0.3) is 0 Å². The minimum Gasteiger partial charge on any atom is -0.288 e. The first-order valence-electron chi connectivity index (χ1n) is 7.37. The average Bonchev–Trinajstić information content (AvgIpc) is 2.87. The summed E-state index contributed by atoms with van der Waals surface area (Å²) < 4.78 is 39.5. The predicted octanol–water partition coefficient (Wildman–Crippen LogP) is 3.99. The van der Waals surface area contributed by atoms with Gasteiger partial charge in [-0.2, -0.15) is 18.3 Å². The fourth-order valence-corrected chi connectivity index (χ4v) is 3.07. The number of hydrogen-bond donors (Lipinski definition) is 0. The van der Waals surface area contributed by atoms with E-state index < -0.39 is 12.7 Å². The van der Waals surface area contributed by atoms with E-state index in [4.69, 9.17) is 11.6 Å². The van der Waals surface area contributed by atoms with Crippen LogP contribution in [0.15, 0.2) is 12.3 Å². The van der Waals surface area contributed by atoms with Gasteiger partial charge in [0, 0.05) is 25.2 Å². The molecule has 2 rings (SSSR count). The molecule has 0 spiro atoms. The Labute approximate surface area is 128 Å². The SMILES string of the molecule is FC(F)(F)CN(CCCl)Cc1ccn(C2CCCCC2)n1. The van der Waals surface area contributed by atoms with Gasteiger partial charge in [0.2, 0.25) is 0 Å². The van der Waals surface area contributed by atoms with Crippen LogP contribution >= 0.6 is 11.6 Å². The van der Waals surface area contributed by atoms with Crippen molar-refractivity contribution in [2.45, 2.75) is 50.9 Å². The Hall–Kier alpha value is -0.750. The van der Waals surface area contributed by atoms with Crippen molar-refractivity contribution in [3.63, 3.8) is 0 Å². The van der Waals surface area contributed by atoms with Crippen molar-refractivity contribution >= 4 is 11.6 Å². The van der Waals surface area contributed by atoms with Crippen LogP contribution in [0.1, 0.15) is 43.8 Å².